The van der Waals surface area contributed by atoms with Gasteiger partial charge in [-0.1, -0.05) is 44.2 Å². The highest BCUT2D eigenvalue weighted by molar-refractivity contribution is 7.17. The fourth-order valence-corrected chi connectivity index (χ4v) is 5.74. The number of pyridine rings is 1. The van der Waals surface area contributed by atoms with E-state index in [4.69, 9.17) is 10.8 Å². The molecule has 33 heavy (non-hydrogen) atoms. The van der Waals surface area contributed by atoms with Crippen LogP contribution in [0.1, 0.15) is 37.8 Å². The predicted molar refractivity (Wildman–Crippen MR) is 141 cm³/mol. The minimum absolute atomic E-state index is 0.785. The van der Waals surface area contributed by atoms with Crippen molar-refractivity contribution in [2.75, 3.05) is 0 Å². The summed E-state index contributed by atoms with van der Waals surface area (Å²) in [5.41, 5.74) is 9.09. The van der Waals surface area contributed by atoms with Crippen LogP contribution in [0.2, 0.25) is 0 Å². The number of thiophene rings is 1. The first-order valence-electron chi connectivity index (χ1n) is 11.7. The lowest BCUT2D eigenvalue weighted by Gasteiger charge is -2.18. The summed E-state index contributed by atoms with van der Waals surface area (Å²) in [4.78, 5) is 4.91. The van der Waals surface area contributed by atoms with E-state index in [0.717, 1.165) is 49.7 Å². The van der Waals surface area contributed by atoms with E-state index in [9.17, 15) is 0 Å². The Hall–Kier alpha value is -3.43. The molecule has 0 aliphatic carbocycles. The molecule has 0 radical (unpaired) electrons. The van der Waals surface area contributed by atoms with Crippen molar-refractivity contribution in [1.82, 2.24) is 4.98 Å². The Labute approximate surface area is 198 Å². The van der Waals surface area contributed by atoms with Gasteiger partial charge in [0, 0.05) is 39.6 Å². The highest BCUT2D eigenvalue weighted by Crippen LogP contribution is 2.41. The van der Waals surface area contributed by atoms with Gasteiger partial charge in [-0.05, 0) is 77.7 Å². The van der Waals surface area contributed by atoms with Gasteiger partial charge in [-0.15, -0.1) is 11.3 Å². The summed E-state index contributed by atoms with van der Waals surface area (Å²) in [5.74, 6) is -0.785. The second-order valence-corrected chi connectivity index (χ2v) is 9.89. The number of furan rings is 1. The topological polar surface area (TPSA) is 26.0 Å². The Morgan fingerprint density at radius 3 is 2.39 bits per heavy atom. The lowest BCUT2D eigenvalue weighted by molar-refractivity contribution is 0.673. The van der Waals surface area contributed by atoms with E-state index in [0.29, 0.717) is 0 Å². The number of hydrogen-bond donors (Lipinski definition) is 0. The van der Waals surface area contributed by atoms with Crippen LogP contribution in [-0.2, 0) is 0 Å². The quantitative estimate of drug-likeness (QED) is 0.269. The third kappa shape index (κ3) is 3.11. The molecular weight excluding hydrogens is 422 g/mol. The second kappa shape index (κ2) is 7.57. The van der Waals surface area contributed by atoms with Crippen molar-refractivity contribution in [3.63, 3.8) is 0 Å². The maximum atomic E-state index is 8.94. The minimum atomic E-state index is -0.785. The molecule has 0 atom stereocenters. The molecule has 0 saturated heterocycles. The summed E-state index contributed by atoms with van der Waals surface area (Å²) in [6, 6.07) is 21.1. The molecule has 0 saturated carbocycles. The van der Waals surface area contributed by atoms with E-state index < -0.39 is 5.89 Å². The van der Waals surface area contributed by atoms with Crippen molar-refractivity contribution >= 4 is 43.4 Å². The molecule has 0 bridgehead atoms. The van der Waals surface area contributed by atoms with Crippen LogP contribution in [0.3, 0.4) is 0 Å². The molecule has 0 fully saturated rings. The lowest BCUT2D eigenvalue weighted by atomic mass is 9.88. The highest BCUT2D eigenvalue weighted by Gasteiger charge is 2.18. The van der Waals surface area contributed by atoms with Crippen LogP contribution in [-0.4, -0.2) is 4.98 Å². The SMILES string of the molecule is [2H]C(C)(C)c1cc(-c2cccc3c2oc2c4ccsc4ccc32)ncc1-c1c(C)cccc1C. The molecular formula is C30H25NOS. The molecule has 0 unspecified atom stereocenters. The maximum absolute atomic E-state index is 8.94. The Balaban J connectivity index is 1.62. The molecule has 0 amide bonds. The van der Waals surface area contributed by atoms with Crippen LogP contribution in [0.25, 0.3) is 54.4 Å². The normalized spacial score (nSPS) is 12.7. The highest BCUT2D eigenvalue weighted by atomic mass is 32.1. The fraction of sp³-hybridized carbons (Fsp3) is 0.167. The number of aromatic nitrogens is 1. The lowest BCUT2D eigenvalue weighted by Crippen LogP contribution is -1.99. The Morgan fingerprint density at radius 2 is 1.61 bits per heavy atom. The smallest absolute Gasteiger partial charge is 0.144 e. The van der Waals surface area contributed by atoms with Gasteiger partial charge in [0.2, 0.25) is 0 Å². The summed E-state index contributed by atoms with van der Waals surface area (Å²) in [7, 11) is 0. The maximum Gasteiger partial charge on any atom is 0.144 e. The second-order valence-electron chi connectivity index (χ2n) is 8.94. The van der Waals surface area contributed by atoms with Gasteiger partial charge < -0.3 is 4.42 Å². The zero-order chi connectivity index (χ0) is 23.6. The van der Waals surface area contributed by atoms with Crippen LogP contribution in [0, 0.1) is 13.8 Å². The van der Waals surface area contributed by atoms with Crippen LogP contribution in [0.15, 0.2) is 76.7 Å². The molecule has 0 aliphatic rings. The van der Waals surface area contributed by atoms with Crippen molar-refractivity contribution in [3.05, 3.63) is 88.9 Å². The molecule has 3 heteroatoms. The minimum Gasteiger partial charge on any atom is -0.455 e. The molecule has 6 aromatic rings. The number of para-hydroxylation sites is 1. The number of aryl methyl sites for hydroxylation is 2. The Kier molecular flexibility index (Phi) is 4.37. The average molecular weight is 449 g/mol. The van der Waals surface area contributed by atoms with Crippen LogP contribution in [0.4, 0.5) is 0 Å². The van der Waals surface area contributed by atoms with E-state index in [1.54, 1.807) is 11.3 Å². The largest absolute Gasteiger partial charge is 0.455 e. The molecule has 3 heterocycles. The zero-order valence-corrected chi connectivity index (χ0v) is 20.0. The third-order valence-electron chi connectivity index (χ3n) is 6.56. The predicted octanol–water partition coefficient (Wildman–Crippen LogP) is 9.27. The molecule has 2 nitrogen and oxygen atoms in total. The molecule has 6 rings (SSSR count). The van der Waals surface area contributed by atoms with E-state index >= 15 is 0 Å². The van der Waals surface area contributed by atoms with E-state index in [2.05, 4.69) is 79.9 Å². The van der Waals surface area contributed by atoms with Gasteiger partial charge in [0.15, 0.2) is 0 Å². The molecule has 0 aliphatic heterocycles. The molecule has 3 aromatic carbocycles. The van der Waals surface area contributed by atoms with Gasteiger partial charge in [-0.2, -0.15) is 0 Å². The van der Waals surface area contributed by atoms with Crippen molar-refractivity contribution in [2.45, 2.75) is 33.6 Å². The van der Waals surface area contributed by atoms with Crippen molar-refractivity contribution in [2.24, 2.45) is 0 Å². The number of nitrogens with zero attached hydrogens (tertiary/aromatic N) is 1. The van der Waals surface area contributed by atoms with Gasteiger partial charge in [-0.3, -0.25) is 4.98 Å². The van der Waals surface area contributed by atoms with Crippen LogP contribution in [0.5, 0.6) is 0 Å². The number of benzene rings is 3. The van der Waals surface area contributed by atoms with Crippen LogP contribution < -0.4 is 0 Å². The number of hydrogen-bond acceptors (Lipinski definition) is 3. The summed E-state index contributed by atoms with van der Waals surface area (Å²) in [6.07, 6.45) is 1.94. The fourth-order valence-electron chi connectivity index (χ4n) is 4.96. The van der Waals surface area contributed by atoms with Crippen molar-refractivity contribution in [1.29, 1.82) is 0 Å². The van der Waals surface area contributed by atoms with Crippen molar-refractivity contribution in [3.8, 4) is 22.4 Å². The number of fused-ring (bicyclic) bond motifs is 5. The third-order valence-corrected chi connectivity index (χ3v) is 7.45. The monoisotopic (exact) mass is 448 g/mol. The van der Waals surface area contributed by atoms with Gasteiger partial charge in [0.1, 0.15) is 11.2 Å². The summed E-state index contributed by atoms with van der Waals surface area (Å²) < 4.78 is 16.7. The summed E-state index contributed by atoms with van der Waals surface area (Å²) in [6.45, 7) is 8.13. The average Bonchev–Trinajstić information content (AvgIpc) is 3.42. The Morgan fingerprint density at radius 1 is 0.848 bits per heavy atom. The van der Waals surface area contributed by atoms with Gasteiger partial charge >= 0.3 is 0 Å². The van der Waals surface area contributed by atoms with E-state index in [1.807, 2.05) is 20.0 Å². The number of rotatable bonds is 3. The van der Waals surface area contributed by atoms with Gasteiger partial charge in [-0.25, -0.2) is 0 Å². The molecule has 0 spiro atoms. The first kappa shape index (κ1) is 19.1. The van der Waals surface area contributed by atoms with E-state index in [1.165, 1.54) is 21.4 Å². The molecule has 3 aromatic heterocycles. The first-order valence-corrected chi connectivity index (χ1v) is 12.1. The van der Waals surface area contributed by atoms with Crippen molar-refractivity contribution < 1.29 is 5.79 Å². The molecule has 162 valence electrons. The Bertz CT molecular complexity index is 1700. The van der Waals surface area contributed by atoms with Crippen LogP contribution >= 0.6 is 11.3 Å². The molecule has 0 N–H and O–H groups in total. The summed E-state index contributed by atoms with van der Waals surface area (Å²) >= 11 is 1.73. The first-order chi connectivity index (χ1) is 16.3. The van der Waals surface area contributed by atoms with E-state index in [-0.39, 0.29) is 0 Å². The zero-order valence-electron chi connectivity index (χ0n) is 20.2. The van der Waals surface area contributed by atoms with Gasteiger partial charge in [0.25, 0.3) is 0 Å². The summed E-state index contributed by atoms with van der Waals surface area (Å²) in [5, 5.41) is 5.47. The standard InChI is InChI=1S/C30H25NOS/c1-17(2)24-15-26(31-16-25(24)28-18(3)7-5-8-19(28)4)22-10-6-9-20-21-11-12-27-23(13-14-33-27)30(21)32-29(20)22/h5-17H,1-4H3/i17D. The van der Waals surface area contributed by atoms with Gasteiger partial charge in [0.05, 0.1) is 5.69 Å².